The minimum atomic E-state index is -0.255. The SMILES string of the molecule is Fc1ccc(OCCSc2n[nH]c(C3CC3)n2)cc1. The van der Waals surface area contributed by atoms with E-state index in [0.717, 1.165) is 16.7 Å². The maximum absolute atomic E-state index is 12.7. The number of nitrogens with zero attached hydrogens (tertiary/aromatic N) is 2. The summed E-state index contributed by atoms with van der Waals surface area (Å²) in [4.78, 5) is 4.42. The van der Waals surface area contributed by atoms with E-state index in [1.54, 1.807) is 23.9 Å². The van der Waals surface area contributed by atoms with Crippen LogP contribution in [0.2, 0.25) is 0 Å². The summed E-state index contributed by atoms with van der Waals surface area (Å²) in [5.74, 6) is 2.78. The fraction of sp³-hybridized carbons (Fsp3) is 0.385. The molecule has 6 heteroatoms. The molecule has 19 heavy (non-hydrogen) atoms. The van der Waals surface area contributed by atoms with Gasteiger partial charge in [-0.25, -0.2) is 9.37 Å². The van der Waals surface area contributed by atoms with Gasteiger partial charge in [0.1, 0.15) is 17.4 Å². The standard InChI is InChI=1S/C13H14FN3OS/c14-10-3-5-11(6-4-10)18-7-8-19-13-15-12(16-17-13)9-1-2-9/h3-6,9H,1-2,7-8H2,(H,15,16,17). The summed E-state index contributed by atoms with van der Waals surface area (Å²) in [5.41, 5.74) is 0. The van der Waals surface area contributed by atoms with Crippen LogP contribution in [0.15, 0.2) is 29.4 Å². The van der Waals surface area contributed by atoms with Crippen molar-refractivity contribution in [2.45, 2.75) is 23.9 Å². The lowest BCUT2D eigenvalue weighted by Gasteiger charge is -2.04. The second-order valence-electron chi connectivity index (χ2n) is 4.43. The maximum atomic E-state index is 12.7. The van der Waals surface area contributed by atoms with Crippen LogP contribution in [0.1, 0.15) is 24.6 Å². The van der Waals surface area contributed by atoms with Crippen molar-refractivity contribution < 1.29 is 9.13 Å². The molecule has 2 aromatic rings. The Morgan fingerprint density at radius 1 is 1.32 bits per heavy atom. The number of hydrogen-bond donors (Lipinski definition) is 1. The molecule has 1 aliphatic carbocycles. The molecule has 4 nitrogen and oxygen atoms in total. The van der Waals surface area contributed by atoms with E-state index < -0.39 is 0 Å². The first-order chi connectivity index (χ1) is 9.31. The average Bonchev–Trinajstić information content (AvgIpc) is 3.17. The van der Waals surface area contributed by atoms with Gasteiger partial charge in [-0.05, 0) is 37.1 Å². The summed E-state index contributed by atoms with van der Waals surface area (Å²) < 4.78 is 18.2. The van der Waals surface area contributed by atoms with Crippen LogP contribution in [0, 0.1) is 5.82 Å². The van der Waals surface area contributed by atoms with Gasteiger partial charge in [0.2, 0.25) is 5.16 Å². The van der Waals surface area contributed by atoms with Crippen molar-refractivity contribution in [1.29, 1.82) is 0 Å². The molecule has 100 valence electrons. The molecule has 3 rings (SSSR count). The van der Waals surface area contributed by atoms with Gasteiger partial charge in [0.25, 0.3) is 0 Å². The van der Waals surface area contributed by atoms with E-state index in [9.17, 15) is 4.39 Å². The van der Waals surface area contributed by atoms with Gasteiger partial charge in [-0.3, -0.25) is 5.10 Å². The molecule has 1 N–H and O–H groups in total. The van der Waals surface area contributed by atoms with Gasteiger partial charge in [-0.15, -0.1) is 5.10 Å². The number of aromatic nitrogens is 3. The van der Waals surface area contributed by atoms with Gasteiger partial charge in [0.05, 0.1) is 6.61 Å². The van der Waals surface area contributed by atoms with E-state index in [1.165, 1.54) is 25.0 Å². The molecule has 0 aliphatic heterocycles. The summed E-state index contributed by atoms with van der Waals surface area (Å²) in [7, 11) is 0. The van der Waals surface area contributed by atoms with E-state index >= 15 is 0 Å². The Bertz CT molecular complexity index is 539. The van der Waals surface area contributed by atoms with Crippen LogP contribution in [0.4, 0.5) is 4.39 Å². The molecule has 1 saturated carbocycles. The lowest BCUT2D eigenvalue weighted by molar-refractivity contribution is 0.343. The number of ether oxygens (including phenoxy) is 1. The summed E-state index contributed by atoms with van der Waals surface area (Å²) in [6, 6.07) is 6.02. The fourth-order valence-electron chi connectivity index (χ4n) is 1.69. The number of H-pyrrole nitrogens is 1. The summed E-state index contributed by atoms with van der Waals surface area (Å²) in [6.45, 7) is 0.545. The van der Waals surface area contributed by atoms with Gasteiger partial charge in [0, 0.05) is 11.7 Å². The van der Waals surface area contributed by atoms with Gasteiger partial charge in [0.15, 0.2) is 0 Å². The molecule has 0 radical (unpaired) electrons. The first-order valence-electron chi connectivity index (χ1n) is 6.25. The summed E-state index contributed by atoms with van der Waals surface area (Å²) in [6.07, 6.45) is 2.43. The Kier molecular flexibility index (Phi) is 3.68. The average molecular weight is 279 g/mol. The van der Waals surface area contributed by atoms with Crippen molar-refractivity contribution in [2.24, 2.45) is 0 Å². The van der Waals surface area contributed by atoms with E-state index in [4.69, 9.17) is 4.74 Å². The van der Waals surface area contributed by atoms with Gasteiger partial charge in [-0.1, -0.05) is 11.8 Å². The molecule has 1 fully saturated rings. The quantitative estimate of drug-likeness (QED) is 0.652. The van der Waals surface area contributed by atoms with Crippen LogP contribution < -0.4 is 4.74 Å². The van der Waals surface area contributed by atoms with Crippen LogP contribution >= 0.6 is 11.8 Å². The number of hydrogen-bond acceptors (Lipinski definition) is 4. The van der Waals surface area contributed by atoms with Gasteiger partial charge >= 0.3 is 0 Å². The third kappa shape index (κ3) is 3.47. The van der Waals surface area contributed by atoms with Crippen molar-refractivity contribution in [1.82, 2.24) is 15.2 Å². The third-order valence-electron chi connectivity index (χ3n) is 2.84. The first-order valence-corrected chi connectivity index (χ1v) is 7.23. The van der Waals surface area contributed by atoms with E-state index in [2.05, 4.69) is 15.2 Å². The van der Waals surface area contributed by atoms with Crippen molar-refractivity contribution in [2.75, 3.05) is 12.4 Å². The number of aromatic amines is 1. The number of benzene rings is 1. The Balaban J connectivity index is 1.41. The minimum Gasteiger partial charge on any atom is -0.493 e. The van der Waals surface area contributed by atoms with Crippen molar-refractivity contribution >= 4 is 11.8 Å². The number of halogens is 1. The molecule has 1 aromatic carbocycles. The van der Waals surface area contributed by atoms with E-state index in [1.807, 2.05) is 0 Å². The molecule has 1 heterocycles. The van der Waals surface area contributed by atoms with E-state index in [0.29, 0.717) is 18.3 Å². The summed E-state index contributed by atoms with van der Waals surface area (Å²) >= 11 is 1.56. The molecule has 0 saturated heterocycles. The highest BCUT2D eigenvalue weighted by Crippen LogP contribution is 2.38. The highest BCUT2D eigenvalue weighted by Gasteiger charge is 2.27. The Morgan fingerprint density at radius 3 is 2.84 bits per heavy atom. The topological polar surface area (TPSA) is 50.8 Å². The second-order valence-corrected chi connectivity index (χ2v) is 5.49. The van der Waals surface area contributed by atoms with Gasteiger partial charge in [-0.2, -0.15) is 0 Å². The Morgan fingerprint density at radius 2 is 2.11 bits per heavy atom. The van der Waals surface area contributed by atoms with Crippen LogP contribution in [-0.4, -0.2) is 27.5 Å². The van der Waals surface area contributed by atoms with Crippen LogP contribution in [0.25, 0.3) is 0 Å². The van der Waals surface area contributed by atoms with Crippen LogP contribution in [-0.2, 0) is 0 Å². The van der Waals surface area contributed by atoms with Gasteiger partial charge < -0.3 is 4.74 Å². The highest BCUT2D eigenvalue weighted by atomic mass is 32.2. The summed E-state index contributed by atoms with van der Waals surface area (Å²) in [5, 5.41) is 7.89. The molecule has 0 bridgehead atoms. The monoisotopic (exact) mass is 279 g/mol. The predicted molar refractivity (Wildman–Crippen MR) is 71.0 cm³/mol. The smallest absolute Gasteiger partial charge is 0.208 e. The van der Waals surface area contributed by atoms with Crippen LogP contribution in [0.3, 0.4) is 0 Å². The number of thioether (sulfide) groups is 1. The predicted octanol–water partition coefficient (Wildman–Crippen LogP) is 2.99. The van der Waals surface area contributed by atoms with Crippen molar-refractivity contribution in [3.63, 3.8) is 0 Å². The molecule has 0 unspecified atom stereocenters. The minimum absolute atomic E-state index is 0.255. The Labute approximate surface area is 114 Å². The molecular formula is C13H14FN3OS. The first kappa shape index (κ1) is 12.5. The number of rotatable bonds is 6. The Hall–Kier alpha value is -1.56. The zero-order valence-electron chi connectivity index (χ0n) is 10.3. The van der Waals surface area contributed by atoms with Crippen molar-refractivity contribution in [3.05, 3.63) is 35.9 Å². The molecule has 0 amide bonds. The fourth-order valence-corrected chi connectivity index (χ4v) is 2.31. The zero-order chi connectivity index (χ0) is 13.1. The lowest BCUT2D eigenvalue weighted by Crippen LogP contribution is -2.00. The van der Waals surface area contributed by atoms with E-state index in [-0.39, 0.29) is 5.82 Å². The molecule has 1 aromatic heterocycles. The molecule has 0 spiro atoms. The maximum Gasteiger partial charge on any atom is 0.208 e. The molecule has 1 aliphatic rings. The largest absolute Gasteiger partial charge is 0.493 e. The third-order valence-corrected chi connectivity index (χ3v) is 3.65. The highest BCUT2D eigenvalue weighted by molar-refractivity contribution is 7.99. The normalized spacial score (nSPS) is 14.6. The second kappa shape index (κ2) is 5.61. The zero-order valence-corrected chi connectivity index (χ0v) is 11.1. The molecular weight excluding hydrogens is 265 g/mol. The lowest BCUT2D eigenvalue weighted by atomic mass is 10.3. The molecule has 0 atom stereocenters. The number of nitrogens with one attached hydrogen (secondary N) is 1. The van der Waals surface area contributed by atoms with Crippen molar-refractivity contribution in [3.8, 4) is 5.75 Å². The van der Waals surface area contributed by atoms with Crippen LogP contribution in [0.5, 0.6) is 5.75 Å².